The van der Waals surface area contributed by atoms with Crippen LogP contribution in [0.1, 0.15) is 38.2 Å². The van der Waals surface area contributed by atoms with Gasteiger partial charge >= 0.3 is 0 Å². The van der Waals surface area contributed by atoms with Crippen molar-refractivity contribution in [2.45, 2.75) is 51.1 Å². The van der Waals surface area contributed by atoms with Crippen molar-refractivity contribution >= 4 is 0 Å². The molecule has 0 radical (unpaired) electrons. The molecule has 0 amide bonds. The van der Waals surface area contributed by atoms with E-state index in [1.807, 2.05) is 6.07 Å². The molecule has 21 heavy (non-hydrogen) atoms. The first-order valence-electron chi connectivity index (χ1n) is 8.16. The van der Waals surface area contributed by atoms with Crippen LogP contribution in [-0.2, 0) is 6.42 Å². The summed E-state index contributed by atoms with van der Waals surface area (Å²) in [7, 11) is 3.37. The molecule has 1 N–H and O–H groups in total. The summed E-state index contributed by atoms with van der Waals surface area (Å²) in [5.41, 5.74) is 1.30. The first-order valence-corrected chi connectivity index (χ1v) is 8.16. The van der Waals surface area contributed by atoms with Crippen LogP contribution in [0.3, 0.4) is 0 Å². The lowest BCUT2D eigenvalue weighted by molar-refractivity contribution is 0.323. The second-order valence-electron chi connectivity index (χ2n) is 6.74. The average molecular weight is 289 g/mol. The Morgan fingerprint density at radius 1 is 1.14 bits per heavy atom. The molecule has 0 aliphatic heterocycles. The molecule has 2 bridgehead atoms. The third-order valence-corrected chi connectivity index (χ3v) is 5.23. The molecule has 2 saturated carbocycles. The monoisotopic (exact) mass is 289 g/mol. The third kappa shape index (κ3) is 3.18. The van der Waals surface area contributed by atoms with Gasteiger partial charge in [0.15, 0.2) is 11.5 Å². The third-order valence-electron chi connectivity index (χ3n) is 5.23. The van der Waals surface area contributed by atoms with Crippen LogP contribution < -0.4 is 14.8 Å². The second kappa shape index (κ2) is 6.27. The van der Waals surface area contributed by atoms with Gasteiger partial charge in [0.2, 0.25) is 0 Å². The zero-order chi connectivity index (χ0) is 14.8. The maximum atomic E-state index is 5.39. The fraction of sp³-hybridized carbons (Fsp3) is 0.667. The van der Waals surface area contributed by atoms with E-state index in [1.165, 1.54) is 31.2 Å². The van der Waals surface area contributed by atoms with E-state index >= 15 is 0 Å². The molecule has 0 saturated heterocycles. The molecule has 0 aromatic heterocycles. The number of hydrogen-bond donors (Lipinski definition) is 1. The molecule has 116 valence electrons. The number of hydrogen-bond acceptors (Lipinski definition) is 3. The van der Waals surface area contributed by atoms with Gasteiger partial charge in [0.05, 0.1) is 14.2 Å². The first kappa shape index (κ1) is 14.7. The zero-order valence-corrected chi connectivity index (χ0v) is 13.4. The summed E-state index contributed by atoms with van der Waals surface area (Å²) < 4.78 is 10.7. The quantitative estimate of drug-likeness (QED) is 0.870. The van der Waals surface area contributed by atoms with Crippen molar-refractivity contribution in [2.75, 3.05) is 14.2 Å². The number of methoxy groups -OCH3 is 2. The van der Waals surface area contributed by atoms with Crippen molar-refractivity contribution in [3.63, 3.8) is 0 Å². The fourth-order valence-corrected chi connectivity index (χ4v) is 4.23. The van der Waals surface area contributed by atoms with Crippen LogP contribution in [-0.4, -0.2) is 26.3 Å². The van der Waals surface area contributed by atoms with Crippen LogP contribution in [0, 0.1) is 11.8 Å². The standard InChI is InChI=1S/C18H27NO2/c1-12(19-16-10-14-4-6-15(16)9-14)8-13-5-7-17(20-2)18(11-13)21-3/h5,7,11-12,14-16,19H,4,6,8-10H2,1-3H3. The van der Waals surface area contributed by atoms with Crippen LogP contribution >= 0.6 is 0 Å². The van der Waals surface area contributed by atoms with E-state index < -0.39 is 0 Å². The number of fused-ring (bicyclic) bond motifs is 2. The molecule has 0 spiro atoms. The second-order valence-corrected chi connectivity index (χ2v) is 6.74. The Morgan fingerprint density at radius 2 is 1.95 bits per heavy atom. The van der Waals surface area contributed by atoms with Crippen LogP contribution in [0.4, 0.5) is 0 Å². The Hall–Kier alpha value is -1.22. The lowest BCUT2D eigenvalue weighted by Crippen LogP contribution is -2.40. The Morgan fingerprint density at radius 3 is 2.57 bits per heavy atom. The van der Waals surface area contributed by atoms with Gasteiger partial charge in [-0.1, -0.05) is 12.5 Å². The molecule has 2 fully saturated rings. The van der Waals surface area contributed by atoms with Gasteiger partial charge in [-0.25, -0.2) is 0 Å². The Bertz CT molecular complexity index is 488. The highest BCUT2D eigenvalue weighted by Gasteiger charge is 2.39. The molecule has 0 heterocycles. The van der Waals surface area contributed by atoms with Gasteiger partial charge in [0, 0.05) is 12.1 Å². The van der Waals surface area contributed by atoms with Crippen molar-refractivity contribution < 1.29 is 9.47 Å². The molecular formula is C18H27NO2. The lowest BCUT2D eigenvalue weighted by atomic mass is 9.94. The van der Waals surface area contributed by atoms with Crippen molar-refractivity contribution in [2.24, 2.45) is 11.8 Å². The smallest absolute Gasteiger partial charge is 0.160 e. The minimum atomic E-state index is 0.507. The topological polar surface area (TPSA) is 30.5 Å². The number of nitrogens with one attached hydrogen (secondary N) is 1. The fourth-order valence-electron chi connectivity index (χ4n) is 4.23. The normalized spacial score (nSPS) is 28.6. The van der Waals surface area contributed by atoms with E-state index in [2.05, 4.69) is 24.4 Å². The van der Waals surface area contributed by atoms with Gasteiger partial charge in [-0.15, -0.1) is 0 Å². The minimum Gasteiger partial charge on any atom is -0.493 e. The number of benzene rings is 1. The average Bonchev–Trinajstić information content (AvgIpc) is 3.09. The Labute approximate surface area is 128 Å². The summed E-state index contributed by atoms with van der Waals surface area (Å²) in [5, 5.41) is 3.85. The predicted octanol–water partition coefficient (Wildman–Crippen LogP) is 3.41. The molecule has 2 aliphatic carbocycles. The zero-order valence-electron chi connectivity index (χ0n) is 13.4. The summed E-state index contributed by atoms with van der Waals surface area (Å²) in [5.74, 6) is 3.56. The lowest BCUT2D eigenvalue weighted by Gasteiger charge is -2.27. The van der Waals surface area contributed by atoms with Crippen LogP contribution in [0.15, 0.2) is 18.2 Å². The Balaban J connectivity index is 1.58. The summed E-state index contributed by atoms with van der Waals surface area (Å²) in [6.45, 7) is 2.29. The molecule has 3 nitrogen and oxygen atoms in total. The first-order chi connectivity index (χ1) is 10.2. The van der Waals surface area contributed by atoms with Gasteiger partial charge in [-0.3, -0.25) is 0 Å². The highest BCUT2D eigenvalue weighted by molar-refractivity contribution is 5.43. The Kier molecular flexibility index (Phi) is 4.39. The SMILES string of the molecule is COc1ccc(CC(C)NC2CC3CCC2C3)cc1OC. The summed E-state index contributed by atoms with van der Waals surface area (Å²) in [6, 6.07) is 7.49. The summed E-state index contributed by atoms with van der Waals surface area (Å²) in [4.78, 5) is 0. The molecule has 3 rings (SSSR count). The van der Waals surface area contributed by atoms with Gasteiger partial charge in [0.25, 0.3) is 0 Å². The largest absolute Gasteiger partial charge is 0.493 e. The molecule has 3 heteroatoms. The molecule has 2 aliphatic rings. The van der Waals surface area contributed by atoms with Gasteiger partial charge in [-0.05, 0) is 62.1 Å². The van der Waals surface area contributed by atoms with E-state index in [0.717, 1.165) is 35.8 Å². The number of rotatable bonds is 6. The van der Waals surface area contributed by atoms with E-state index in [9.17, 15) is 0 Å². The van der Waals surface area contributed by atoms with Crippen molar-refractivity contribution in [3.05, 3.63) is 23.8 Å². The molecular weight excluding hydrogens is 262 g/mol. The molecule has 1 aromatic carbocycles. The van der Waals surface area contributed by atoms with Gasteiger partial charge < -0.3 is 14.8 Å². The van der Waals surface area contributed by atoms with E-state index in [4.69, 9.17) is 9.47 Å². The van der Waals surface area contributed by atoms with Crippen molar-refractivity contribution in [1.82, 2.24) is 5.32 Å². The van der Waals surface area contributed by atoms with E-state index in [1.54, 1.807) is 14.2 Å². The molecule has 4 unspecified atom stereocenters. The van der Waals surface area contributed by atoms with Gasteiger partial charge in [-0.2, -0.15) is 0 Å². The number of ether oxygens (including phenoxy) is 2. The van der Waals surface area contributed by atoms with Crippen molar-refractivity contribution in [1.29, 1.82) is 0 Å². The van der Waals surface area contributed by atoms with Crippen LogP contribution in [0.2, 0.25) is 0 Å². The van der Waals surface area contributed by atoms with Crippen LogP contribution in [0.25, 0.3) is 0 Å². The van der Waals surface area contributed by atoms with Crippen molar-refractivity contribution in [3.8, 4) is 11.5 Å². The van der Waals surface area contributed by atoms with Gasteiger partial charge in [0.1, 0.15) is 0 Å². The molecule has 1 aromatic rings. The maximum absolute atomic E-state index is 5.39. The highest BCUT2D eigenvalue weighted by Crippen LogP contribution is 2.44. The predicted molar refractivity (Wildman–Crippen MR) is 85.1 cm³/mol. The maximum Gasteiger partial charge on any atom is 0.160 e. The summed E-state index contributed by atoms with van der Waals surface area (Å²) >= 11 is 0. The van der Waals surface area contributed by atoms with E-state index in [-0.39, 0.29) is 0 Å². The van der Waals surface area contributed by atoms with E-state index in [0.29, 0.717) is 6.04 Å². The summed E-state index contributed by atoms with van der Waals surface area (Å²) in [6.07, 6.45) is 6.79. The minimum absolute atomic E-state index is 0.507. The highest BCUT2D eigenvalue weighted by atomic mass is 16.5. The molecule has 4 atom stereocenters. The van der Waals surface area contributed by atoms with Crippen LogP contribution in [0.5, 0.6) is 11.5 Å².